The monoisotopic (exact) mass is 531 g/mol. The van der Waals surface area contributed by atoms with E-state index < -0.39 is 0 Å². The Labute approximate surface area is 212 Å². The van der Waals surface area contributed by atoms with Crippen LogP contribution in [0.25, 0.3) is 0 Å². The van der Waals surface area contributed by atoms with Gasteiger partial charge in [-0.1, -0.05) is 49.4 Å². The zero-order valence-electron chi connectivity index (χ0n) is 16.1. The van der Waals surface area contributed by atoms with E-state index in [1.165, 1.54) is 5.56 Å². The molecule has 0 spiro atoms. The number of aliphatic hydroxyl groups excluding tert-OH is 1. The molecule has 1 aliphatic carbocycles. The molecule has 0 bridgehead atoms. The third kappa shape index (κ3) is 6.67. The van der Waals surface area contributed by atoms with Crippen molar-refractivity contribution >= 4 is 46.3 Å². The molecule has 0 aliphatic heterocycles. The number of benzene rings is 1. The van der Waals surface area contributed by atoms with Gasteiger partial charge in [-0.15, -0.1) is 29.4 Å². The Hall–Kier alpha value is 0.844. The number of unbranched alkanes of at least 4 members (excludes halogenated alkanes) is 1. The first-order valence-corrected chi connectivity index (χ1v) is 12.3. The van der Waals surface area contributed by atoms with Gasteiger partial charge in [-0.2, -0.15) is 11.8 Å². The Bertz CT molecular complexity index is 686. The molecule has 5 unspecified atom stereocenters. The standard InChI is InChI=1S/C21H26Cl2NOS2.Y/c1-2-3-4-19(25)14-5-7-15(8-6-14)20-16(17(22)13-18(20)23)9-11-26-21-24-10-12-27-21;/h5-8,12,16-20,25H,2-4,9,11,13H2,1H3;/q-1;. The van der Waals surface area contributed by atoms with Crippen LogP contribution in [-0.4, -0.2) is 26.6 Å². The first-order chi connectivity index (χ1) is 13.1. The van der Waals surface area contributed by atoms with Crippen LogP contribution in [-0.2, 0) is 32.7 Å². The van der Waals surface area contributed by atoms with E-state index in [0.717, 1.165) is 47.8 Å². The van der Waals surface area contributed by atoms with Crippen LogP contribution in [0, 0.1) is 12.1 Å². The average molecular weight is 532 g/mol. The summed E-state index contributed by atoms with van der Waals surface area (Å²) < 4.78 is 1.06. The van der Waals surface area contributed by atoms with Crippen LogP contribution < -0.4 is 0 Å². The number of rotatable bonds is 9. The minimum absolute atomic E-state index is 0. The number of hydrogen-bond acceptors (Lipinski definition) is 4. The van der Waals surface area contributed by atoms with Crippen molar-refractivity contribution in [1.29, 1.82) is 0 Å². The predicted molar refractivity (Wildman–Crippen MR) is 117 cm³/mol. The van der Waals surface area contributed by atoms with Crippen molar-refractivity contribution < 1.29 is 37.8 Å². The molecule has 1 N–H and O–H groups in total. The van der Waals surface area contributed by atoms with Crippen LogP contribution in [0.4, 0.5) is 0 Å². The number of halogens is 2. The number of thiazole rings is 1. The van der Waals surface area contributed by atoms with E-state index in [4.69, 9.17) is 23.2 Å². The molecule has 1 aliphatic rings. The van der Waals surface area contributed by atoms with Crippen molar-refractivity contribution in [1.82, 2.24) is 4.98 Å². The molecule has 0 saturated heterocycles. The molecule has 1 radical (unpaired) electrons. The second kappa shape index (κ2) is 12.6. The predicted octanol–water partition coefficient (Wildman–Crippen LogP) is 6.67. The quantitative estimate of drug-likeness (QED) is 0.223. The Morgan fingerprint density at radius 3 is 2.68 bits per heavy atom. The summed E-state index contributed by atoms with van der Waals surface area (Å²) >= 11 is 16.8. The maximum atomic E-state index is 10.3. The van der Waals surface area contributed by atoms with Crippen LogP contribution in [0.5, 0.6) is 0 Å². The topological polar surface area (TPSA) is 33.1 Å². The molecule has 5 atom stereocenters. The molecule has 1 heterocycles. The fourth-order valence-corrected chi connectivity index (χ4v) is 6.63. The molecule has 1 aromatic carbocycles. The van der Waals surface area contributed by atoms with E-state index >= 15 is 0 Å². The largest absolute Gasteiger partial charge is 0.437 e. The van der Waals surface area contributed by atoms with Gasteiger partial charge in [-0.05, 0) is 46.4 Å². The van der Waals surface area contributed by atoms with Gasteiger partial charge in [-0.25, -0.2) is 11.3 Å². The summed E-state index contributed by atoms with van der Waals surface area (Å²) in [5, 5.41) is 12.4. The Morgan fingerprint density at radius 1 is 1.29 bits per heavy atom. The van der Waals surface area contributed by atoms with Gasteiger partial charge < -0.3 is 10.1 Å². The van der Waals surface area contributed by atoms with E-state index in [1.54, 1.807) is 23.1 Å². The van der Waals surface area contributed by atoms with Gasteiger partial charge in [0.05, 0.1) is 6.10 Å². The molecule has 151 valence electrons. The van der Waals surface area contributed by atoms with E-state index in [2.05, 4.69) is 42.4 Å². The molecule has 0 amide bonds. The van der Waals surface area contributed by atoms with Crippen LogP contribution in [0.15, 0.2) is 34.0 Å². The summed E-state index contributed by atoms with van der Waals surface area (Å²) in [7, 11) is 0. The number of hydrogen-bond donors (Lipinski definition) is 1. The summed E-state index contributed by atoms with van der Waals surface area (Å²) in [6.07, 6.45) is 7.31. The smallest absolute Gasteiger partial charge is 0.0790 e. The molecule has 2 nitrogen and oxygen atoms in total. The minimum atomic E-state index is -0.377. The molecule has 3 rings (SSSR count). The summed E-state index contributed by atoms with van der Waals surface area (Å²) in [5.41, 5.74) is 2.23. The van der Waals surface area contributed by atoms with E-state index in [0.29, 0.717) is 5.92 Å². The van der Waals surface area contributed by atoms with Crippen molar-refractivity contribution in [3.8, 4) is 0 Å². The Balaban J connectivity index is 0.00000280. The molecule has 1 saturated carbocycles. The molecular formula is C21H26Cl2NOS2Y-. The van der Waals surface area contributed by atoms with Gasteiger partial charge in [0.1, 0.15) is 0 Å². The summed E-state index contributed by atoms with van der Waals surface area (Å²) in [5.74, 6) is 1.62. The SMILES string of the molecule is CCCCC(O)c1ccc(C2C(Cl)CC(Cl)C2CCSc2n[c-]cs2)cc1.[Y]. The van der Waals surface area contributed by atoms with Crippen molar-refractivity contribution in [2.24, 2.45) is 5.92 Å². The van der Waals surface area contributed by atoms with Crippen LogP contribution in [0.1, 0.15) is 62.2 Å². The van der Waals surface area contributed by atoms with Gasteiger partial charge in [0.2, 0.25) is 0 Å². The third-order valence-electron chi connectivity index (χ3n) is 5.35. The Morgan fingerprint density at radius 2 is 2.04 bits per heavy atom. The van der Waals surface area contributed by atoms with Gasteiger partial charge in [0.25, 0.3) is 0 Å². The number of aromatic nitrogens is 1. The maximum absolute atomic E-state index is 10.3. The average Bonchev–Trinajstić information content (AvgIpc) is 3.28. The molecule has 1 fully saturated rings. The summed E-state index contributed by atoms with van der Waals surface area (Å²) in [6, 6.07) is 8.38. The molecular weight excluding hydrogens is 506 g/mol. The third-order valence-corrected chi connectivity index (χ3v) is 8.24. The van der Waals surface area contributed by atoms with Crippen LogP contribution in [0.2, 0.25) is 0 Å². The van der Waals surface area contributed by atoms with E-state index in [-0.39, 0.29) is 55.5 Å². The fraction of sp³-hybridized carbons (Fsp3) is 0.571. The van der Waals surface area contributed by atoms with E-state index in [9.17, 15) is 5.11 Å². The number of thioether (sulfide) groups is 1. The number of alkyl halides is 2. The fourth-order valence-electron chi connectivity index (χ4n) is 3.88. The zero-order chi connectivity index (χ0) is 19.2. The van der Waals surface area contributed by atoms with Gasteiger partial charge in [0.15, 0.2) is 0 Å². The van der Waals surface area contributed by atoms with Gasteiger partial charge >= 0.3 is 0 Å². The van der Waals surface area contributed by atoms with Crippen LogP contribution >= 0.6 is 46.3 Å². The van der Waals surface area contributed by atoms with Crippen molar-refractivity contribution in [3.63, 3.8) is 0 Å². The molecule has 28 heavy (non-hydrogen) atoms. The van der Waals surface area contributed by atoms with Crippen molar-refractivity contribution in [2.75, 3.05) is 5.75 Å². The molecule has 7 heteroatoms. The summed E-state index contributed by atoms with van der Waals surface area (Å²) in [6.45, 7) is 2.14. The number of aliphatic hydroxyl groups is 1. The van der Waals surface area contributed by atoms with Gasteiger partial charge in [-0.3, -0.25) is 0 Å². The first kappa shape index (κ1) is 25.1. The molecule has 1 aromatic heterocycles. The van der Waals surface area contributed by atoms with Crippen molar-refractivity contribution in [2.45, 2.75) is 66.1 Å². The maximum Gasteiger partial charge on any atom is 0.0790 e. The second-order valence-electron chi connectivity index (χ2n) is 7.16. The first-order valence-electron chi connectivity index (χ1n) is 9.60. The zero-order valence-corrected chi connectivity index (χ0v) is 22.0. The molecule has 2 aromatic rings. The summed E-state index contributed by atoms with van der Waals surface area (Å²) in [4.78, 5) is 4.21. The van der Waals surface area contributed by atoms with Gasteiger partial charge in [0, 0.05) is 49.4 Å². The number of nitrogens with zero attached hydrogens (tertiary/aromatic N) is 1. The normalized spacial score (nSPS) is 25.4. The van der Waals surface area contributed by atoms with Crippen LogP contribution in [0.3, 0.4) is 0 Å². The Kier molecular flexibility index (Phi) is 11.3. The van der Waals surface area contributed by atoms with E-state index in [1.807, 2.05) is 5.38 Å². The van der Waals surface area contributed by atoms with Crippen molar-refractivity contribution in [3.05, 3.63) is 47.0 Å². The second-order valence-corrected chi connectivity index (χ2v) is 10.5. The minimum Gasteiger partial charge on any atom is -0.437 e.